The van der Waals surface area contributed by atoms with Crippen LogP contribution >= 0.6 is 25.3 Å². The highest BCUT2D eigenvalue weighted by Gasteiger charge is 2.41. The van der Waals surface area contributed by atoms with Gasteiger partial charge in [-0.3, -0.25) is 57.7 Å². The minimum atomic E-state index is -5.08. The first-order chi connectivity index (χ1) is 38.1. The van der Waals surface area contributed by atoms with Gasteiger partial charge in [-0.1, -0.05) is 42.5 Å². The number of carbonyl (C=O) groups excluding carboxylic acids is 11. The van der Waals surface area contributed by atoms with E-state index in [0.29, 0.717) is 17.5 Å². The van der Waals surface area contributed by atoms with Gasteiger partial charge in [0, 0.05) is 44.5 Å². The number of aliphatic imine (C=N–C) groups is 1. The number of likely N-dealkylation sites (tertiary alicyclic amines) is 1. The molecule has 0 saturated carbocycles. The zero-order valence-corrected chi connectivity index (χ0v) is 45.2. The maximum Gasteiger partial charge on any atom is 0.490 e. The smallest absolute Gasteiger partial charge is 0.490 e. The van der Waals surface area contributed by atoms with Gasteiger partial charge >= 0.3 is 12.1 Å². The second kappa shape index (κ2) is 34.6. The predicted octanol–water partition coefficient (Wildman–Crippen LogP) is -4.24. The quantitative estimate of drug-likeness (QED) is 0.0147. The molecule has 33 heteroatoms. The van der Waals surface area contributed by atoms with Crippen LogP contribution in [-0.2, 0) is 70.4 Å². The van der Waals surface area contributed by atoms with Crippen molar-refractivity contribution in [2.24, 2.45) is 33.7 Å². The van der Waals surface area contributed by atoms with Gasteiger partial charge in [-0.2, -0.15) is 38.4 Å². The molecule has 2 aromatic carbocycles. The van der Waals surface area contributed by atoms with Gasteiger partial charge in [0.05, 0.1) is 13.0 Å². The van der Waals surface area contributed by atoms with E-state index in [1.54, 1.807) is 42.5 Å². The Morgan fingerprint density at radius 2 is 1.16 bits per heavy atom. The molecule has 1 aliphatic heterocycles. The Hall–Kier alpha value is -8.36. The van der Waals surface area contributed by atoms with E-state index in [0.717, 1.165) is 0 Å². The number of carboxylic acid groups (broad SMARTS) is 1. The highest BCUT2D eigenvalue weighted by molar-refractivity contribution is 7.80. The van der Waals surface area contributed by atoms with Gasteiger partial charge in [0.15, 0.2) is 5.96 Å². The molecule has 2 aromatic rings. The third-order valence-electron chi connectivity index (χ3n) is 11.5. The molecule has 1 saturated heterocycles. The number of benzene rings is 2. The first kappa shape index (κ1) is 68.7. The second-order valence-electron chi connectivity index (χ2n) is 17.9. The lowest BCUT2D eigenvalue weighted by molar-refractivity contribution is -0.192. The van der Waals surface area contributed by atoms with Gasteiger partial charge in [0.2, 0.25) is 65.0 Å². The molecule has 11 amide bonds. The van der Waals surface area contributed by atoms with E-state index in [4.69, 9.17) is 38.6 Å². The monoisotopic (exact) mass is 1180 g/mol. The van der Waals surface area contributed by atoms with Gasteiger partial charge in [-0.05, 0) is 61.1 Å². The molecule has 7 atom stereocenters. The maximum absolute atomic E-state index is 14.2. The van der Waals surface area contributed by atoms with Crippen molar-refractivity contribution in [3.05, 3.63) is 65.7 Å². The Balaban J connectivity index is 0.00000299. The number of thiol groups is 2. The number of halogens is 3. The van der Waals surface area contributed by atoms with Crippen molar-refractivity contribution in [1.82, 2.24) is 42.1 Å². The topological polar surface area (TPSA) is 475 Å². The molecule has 0 radical (unpaired) electrons. The van der Waals surface area contributed by atoms with Crippen molar-refractivity contribution in [2.75, 3.05) is 31.1 Å². The maximum atomic E-state index is 14.2. The molecule has 1 fully saturated rings. The summed E-state index contributed by atoms with van der Waals surface area (Å²) >= 11 is 8.33. The molecule has 0 bridgehead atoms. The molecule has 28 nitrogen and oxygen atoms in total. The summed E-state index contributed by atoms with van der Waals surface area (Å²) in [6, 6.07) is 4.43. The fourth-order valence-corrected chi connectivity index (χ4v) is 8.04. The number of aromatic hydroxyl groups is 1. The first-order valence-electron chi connectivity index (χ1n) is 24.7. The molecule has 3 rings (SSSR count). The summed E-state index contributed by atoms with van der Waals surface area (Å²) in [7, 11) is 0. The van der Waals surface area contributed by atoms with Crippen LogP contribution in [-0.4, -0.2) is 172 Å². The number of phenolic OH excluding ortho intramolecular Hbond substituents is 1. The van der Waals surface area contributed by atoms with E-state index < -0.39 is 145 Å². The average Bonchev–Trinajstić information content (AvgIpc) is 3.95. The average molecular weight is 1190 g/mol. The third kappa shape index (κ3) is 26.0. The van der Waals surface area contributed by atoms with Crippen molar-refractivity contribution >= 4 is 102 Å². The molecule has 1 aliphatic rings. The predicted molar refractivity (Wildman–Crippen MR) is 289 cm³/mol. The lowest BCUT2D eigenvalue weighted by Crippen LogP contribution is -2.61. The first-order valence-corrected chi connectivity index (χ1v) is 26.0. The number of nitrogens with one attached hydrogen (secondary N) is 7. The molecular weight excluding hydrogens is 1120 g/mol. The fraction of sp³-hybridized carbons (Fsp3) is 0.479. The largest absolute Gasteiger partial charge is 0.508 e. The Bertz CT molecular complexity index is 2570. The number of aliphatic carboxylic acids is 1. The van der Waals surface area contributed by atoms with Gasteiger partial charge in [-0.15, -0.1) is 0 Å². The number of alkyl halides is 3. The summed E-state index contributed by atoms with van der Waals surface area (Å²) in [6.45, 7) is -0.371. The molecule has 0 unspecified atom stereocenters. The molecule has 446 valence electrons. The van der Waals surface area contributed by atoms with E-state index >= 15 is 0 Å². The van der Waals surface area contributed by atoms with Crippen LogP contribution in [0.15, 0.2) is 59.6 Å². The summed E-state index contributed by atoms with van der Waals surface area (Å²) < 4.78 is 31.7. The van der Waals surface area contributed by atoms with E-state index in [1.807, 2.05) is 0 Å². The molecule has 81 heavy (non-hydrogen) atoms. The highest BCUT2D eigenvalue weighted by Crippen LogP contribution is 2.20. The van der Waals surface area contributed by atoms with Crippen LogP contribution in [0.25, 0.3) is 0 Å². The summed E-state index contributed by atoms with van der Waals surface area (Å²) in [5, 5.41) is 34.4. The van der Waals surface area contributed by atoms with Crippen LogP contribution in [0.5, 0.6) is 5.75 Å². The Labute approximate surface area is 472 Å². The number of nitrogens with zero attached hydrogens (tertiary/aromatic N) is 2. The van der Waals surface area contributed by atoms with Gasteiger partial charge in [-0.25, -0.2) is 4.79 Å². The molecule has 0 spiro atoms. The Morgan fingerprint density at radius 3 is 1.69 bits per heavy atom. The highest BCUT2D eigenvalue weighted by atomic mass is 32.1. The van der Waals surface area contributed by atoms with Crippen molar-refractivity contribution in [3.8, 4) is 5.75 Å². The molecule has 1 heterocycles. The minimum absolute atomic E-state index is 0.0233. The number of carboxylic acids is 1. The summed E-state index contributed by atoms with van der Waals surface area (Å²) in [6.07, 6.45) is -6.32. The summed E-state index contributed by atoms with van der Waals surface area (Å²) in [4.78, 5) is 159. The minimum Gasteiger partial charge on any atom is -0.508 e. The number of nitrogens with two attached hydrogens (primary N) is 5. The Morgan fingerprint density at radius 1 is 0.642 bits per heavy atom. The number of carbonyl (C=O) groups is 12. The summed E-state index contributed by atoms with van der Waals surface area (Å²) in [5.41, 5.74) is 27.9. The standard InChI is InChI=1S/C46H66N14O12S2.C2HF3O2/c47-35(62)15-14-29(55-42(69)31(20-25-6-2-1-3-7-25)57-41(68)30(54-38(65)16-19-73)21-26-10-12-27(61)13-11-26)40(67)58-32(22-36(48)63)43(70)59-33(24-74)45(72)60-18-5-9-34(60)44(71)56-28(8-4-17-52-46(50)51)39(66)53-23-37(49)64;3-2(4,5)1(6)7/h1-3,6-7,10-13,28-34,61,73-74H,4-5,8-9,14-24H2,(H2,47,62)(H2,48,63)(H2,49,64)(H,53,66)(H,54,65)(H,55,69)(H,56,71)(H,57,68)(H,58,67)(H,59,70)(H4,50,51,52);(H,6,7)/t28-,29+,30+,31+,32+,33+,34+;/m1./s1. The lowest BCUT2D eigenvalue weighted by atomic mass is 10.0. The van der Waals surface area contributed by atoms with Crippen molar-refractivity contribution in [1.29, 1.82) is 0 Å². The summed E-state index contributed by atoms with van der Waals surface area (Å²) in [5.74, 6) is -12.7. The van der Waals surface area contributed by atoms with Gasteiger partial charge in [0.25, 0.3) is 0 Å². The molecule has 0 aliphatic carbocycles. The number of rotatable bonds is 31. The van der Waals surface area contributed by atoms with E-state index in [2.05, 4.69) is 67.5 Å². The van der Waals surface area contributed by atoms with E-state index in [1.165, 1.54) is 17.0 Å². The Kier molecular flexibility index (Phi) is 29.4. The van der Waals surface area contributed by atoms with E-state index in [-0.39, 0.29) is 74.8 Å². The van der Waals surface area contributed by atoms with Crippen molar-refractivity contribution in [2.45, 2.75) is 113 Å². The second-order valence-corrected chi connectivity index (χ2v) is 18.8. The lowest BCUT2D eigenvalue weighted by Gasteiger charge is -2.30. The number of hydrogen-bond donors (Lipinski definition) is 16. The molecular formula is C48H67F3N14O14S2. The zero-order chi connectivity index (χ0) is 61.0. The SMILES string of the molecule is NC(=O)CC[C@H](NC(=O)[C@H](Cc1ccccc1)NC(=O)[C@H](Cc1ccc(O)cc1)NC(=O)CCS)C(=O)N[C@@H](CC(N)=O)C(=O)N[C@@H](CS)C(=O)N1CCC[C@H]1C(=O)N[C@H](CCCN=C(N)N)C(=O)NCC(N)=O.O=C(O)C(F)(F)F. The van der Waals surface area contributed by atoms with Crippen LogP contribution in [0.2, 0.25) is 0 Å². The normalized spacial score (nSPS) is 14.9. The van der Waals surface area contributed by atoms with Crippen molar-refractivity contribution in [3.63, 3.8) is 0 Å². The number of primary amides is 3. The fourth-order valence-electron chi connectivity index (χ4n) is 7.59. The number of hydrogen-bond acceptors (Lipinski definition) is 16. The van der Waals surface area contributed by atoms with Crippen LogP contribution in [0.1, 0.15) is 62.5 Å². The van der Waals surface area contributed by atoms with Crippen LogP contribution in [0, 0.1) is 0 Å². The van der Waals surface area contributed by atoms with Crippen LogP contribution in [0.4, 0.5) is 13.2 Å². The molecule has 0 aromatic heterocycles. The molecule has 19 N–H and O–H groups in total. The van der Waals surface area contributed by atoms with Crippen molar-refractivity contribution < 1.29 is 80.9 Å². The van der Waals surface area contributed by atoms with Gasteiger partial charge < -0.3 is 81.0 Å². The van der Waals surface area contributed by atoms with E-state index in [9.17, 15) is 71.0 Å². The number of phenols is 1. The van der Waals surface area contributed by atoms with Gasteiger partial charge in [0.1, 0.15) is 48.0 Å². The number of guanidine groups is 1. The zero-order valence-electron chi connectivity index (χ0n) is 43.4. The number of amides is 11. The van der Waals surface area contributed by atoms with Crippen LogP contribution in [0.3, 0.4) is 0 Å². The third-order valence-corrected chi connectivity index (χ3v) is 12.1. The van der Waals surface area contributed by atoms with Crippen LogP contribution < -0.4 is 65.9 Å².